The fraction of sp³-hybridized carbons (Fsp3) is 0.273. The van der Waals surface area contributed by atoms with Crippen LogP contribution < -0.4 is 19.7 Å². The number of aromatic nitrogens is 2. The van der Waals surface area contributed by atoms with Crippen LogP contribution in [-0.2, 0) is 0 Å². The lowest BCUT2D eigenvalue weighted by Crippen LogP contribution is -2.29. The second-order valence-corrected chi connectivity index (χ2v) is 8.12. The van der Waals surface area contributed by atoms with Crippen LogP contribution in [0, 0.1) is 0 Å². The third kappa shape index (κ3) is 2.85. The van der Waals surface area contributed by atoms with Gasteiger partial charge >= 0.3 is 0 Å². The normalized spacial score (nSPS) is 15.6. The molecule has 4 aromatic rings. The van der Waals surface area contributed by atoms with Gasteiger partial charge in [0.05, 0.1) is 22.7 Å². The zero-order valence-electron chi connectivity index (χ0n) is 15.7. The van der Waals surface area contributed by atoms with Crippen LogP contribution in [0.3, 0.4) is 0 Å². The Balaban J connectivity index is 1.60. The first-order valence-corrected chi connectivity index (χ1v) is 10.4. The minimum atomic E-state index is -0.0316. The number of fused-ring (bicyclic) bond motifs is 3. The summed E-state index contributed by atoms with van der Waals surface area (Å²) in [6, 6.07) is 14.0. The Hall–Kier alpha value is -2.86. The Labute approximate surface area is 166 Å². The average Bonchev–Trinajstić information content (AvgIpc) is 3.25. The van der Waals surface area contributed by atoms with Crippen molar-refractivity contribution in [2.75, 3.05) is 25.1 Å². The fourth-order valence-corrected chi connectivity index (χ4v) is 4.90. The molecule has 2 aromatic heterocycles. The number of hydrogen-bond donors (Lipinski definition) is 0. The number of methoxy groups -OCH3 is 1. The molecule has 0 amide bonds. The van der Waals surface area contributed by atoms with E-state index in [-0.39, 0.29) is 5.56 Å². The number of imidazole rings is 1. The van der Waals surface area contributed by atoms with Crippen LogP contribution in [0.1, 0.15) is 24.8 Å². The van der Waals surface area contributed by atoms with Gasteiger partial charge in [-0.1, -0.05) is 23.5 Å². The first kappa shape index (κ1) is 17.3. The van der Waals surface area contributed by atoms with Gasteiger partial charge in [0.25, 0.3) is 5.56 Å². The maximum atomic E-state index is 13.0. The molecule has 1 aliphatic heterocycles. The number of piperidine rings is 1. The molecule has 5 nitrogen and oxygen atoms in total. The van der Waals surface area contributed by atoms with Gasteiger partial charge in [-0.3, -0.25) is 4.79 Å². The predicted octanol–water partition coefficient (Wildman–Crippen LogP) is 3.46. The second kappa shape index (κ2) is 6.95. The number of anilines is 1. The van der Waals surface area contributed by atoms with E-state index in [1.165, 1.54) is 36.3 Å². The Morgan fingerprint density at radius 3 is 2.75 bits per heavy atom. The van der Waals surface area contributed by atoms with Crippen LogP contribution in [0.15, 0.2) is 47.3 Å². The summed E-state index contributed by atoms with van der Waals surface area (Å²) in [5.41, 5.74) is 3.76. The summed E-state index contributed by atoms with van der Waals surface area (Å²) in [6.45, 7) is 2.18. The topological polar surface area (TPSA) is 46.8 Å². The Bertz CT molecular complexity index is 1270. The van der Waals surface area contributed by atoms with Crippen molar-refractivity contribution in [3.63, 3.8) is 0 Å². The van der Waals surface area contributed by atoms with Crippen LogP contribution in [0.2, 0.25) is 0 Å². The van der Waals surface area contributed by atoms with E-state index < -0.39 is 0 Å². The molecule has 0 atom stereocenters. The van der Waals surface area contributed by atoms with E-state index in [2.05, 4.69) is 22.0 Å². The van der Waals surface area contributed by atoms with Gasteiger partial charge in [0.2, 0.25) is 0 Å². The van der Waals surface area contributed by atoms with Crippen molar-refractivity contribution in [2.24, 2.45) is 0 Å². The van der Waals surface area contributed by atoms with Crippen LogP contribution in [0.25, 0.3) is 22.1 Å². The van der Waals surface area contributed by atoms with Crippen molar-refractivity contribution in [3.05, 3.63) is 62.9 Å². The minimum Gasteiger partial charge on any atom is -0.496 e. The van der Waals surface area contributed by atoms with Crippen molar-refractivity contribution in [1.82, 2.24) is 9.38 Å². The highest BCUT2D eigenvalue weighted by Gasteiger charge is 2.14. The largest absolute Gasteiger partial charge is 0.496 e. The van der Waals surface area contributed by atoms with Gasteiger partial charge in [-0.2, -0.15) is 0 Å². The van der Waals surface area contributed by atoms with Crippen LogP contribution >= 0.6 is 11.3 Å². The maximum absolute atomic E-state index is 13.0. The number of thiazole rings is 1. The quantitative estimate of drug-likeness (QED) is 0.537. The summed E-state index contributed by atoms with van der Waals surface area (Å²) in [7, 11) is 1.68. The fourth-order valence-electron chi connectivity index (χ4n) is 3.92. The maximum Gasteiger partial charge on any atom is 0.274 e. The molecule has 1 aliphatic rings. The molecule has 28 heavy (non-hydrogen) atoms. The highest BCUT2D eigenvalue weighted by atomic mass is 32.1. The van der Waals surface area contributed by atoms with Crippen molar-refractivity contribution in [3.8, 4) is 5.75 Å². The number of para-hydroxylation sites is 2. The lowest BCUT2D eigenvalue weighted by atomic mass is 10.1. The standard InChI is InChI=1S/C22H21N3O2S/c1-27-19-14-16(24-11-5-2-6-12-24)10-9-15(19)13-20-21(26)25-18-8-4-3-7-17(18)23-22(25)28-20/h3-4,7-10,13-14H,2,5-6,11-12H2,1H3/b20-13-. The molecule has 3 heterocycles. The highest BCUT2D eigenvalue weighted by Crippen LogP contribution is 2.28. The number of rotatable bonds is 3. The van der Waals surface area contributed by atoms with Gasteiger partial charge in [-0.05, 0) is 49.6 Å². The average molecular weight is 391 g/mol. The highest BCUT2D eigenvalue weighted by molar-refractivity contribution is 7.15. The molecule has 0 unspecified atom stereocenters. The molecule has 2 aromatic carbocycles. The monoisotopic (exact) mass is 391 g/mol. The summed E-state index contributed by atoms with van der Waals surface area (Å²) in [5.74, 6) is 0.790. The summed E-state index contributed by atoms with van der Waals surface area (Å²) in [6.07, 6.45) is 5.69. The Kier molecular flexibility index (Phi) is 4.28. The summed E-state index contributed by atoms with van der Waals surface area (Å²) in [5, 5.41) is 0. The molecule has 142 valence electrons. The van der Waals surface area contributed by atoms with E-state index in [4.69, 9.17) is 4.74 Å². The van der Waals surface area contributed by atoms with Gasteiger partial charge in [0, 0.05) is 30.4 Å². The molecule has 0 bridgehead atoms. The van der Waals surface area contributed by atoms with Crippen molar-refractivity contribution < 1.29 is 4.74 Å². The third-order valence-electron chi connectivity index (χ3n) is 5.37. The molecule has 1 fully saturated rings. The first-order chi connectivity index (χ1) is 13.7. The van der Waals surface area contributed by atoms with Crippen LogP contribution in [0.5, 0.6) is 5.75 Å². The molecule has 0 radical (unpaired) electrons. The second-order valence-electron chi connectivity index (χ2n) is 7.11. The summed E-state index contributed by atoms with van der Waals surface area (Å²) < 4.78 is 8.00. The zero-order valence-corrected chi connectivity index (χ0v) is 16.5. The van der Waals surface area contributed by atoms with E-state index in [0.717, 1.165) is 40.4 Å². The van der Waals surface area contributed by atoms with E-state index in [1.807, 2.05) is 36.4 Å². The lowest BCUT2D eigenvalue weighted by Gasteiger charge is -2.29. The van der Waals surface area contributed by atoms with Crippen LogP contribution in [0.4, 0.5) is 5.69 Å². The zero-order chi connectivity index (χ0) is 19.1. The third-order valence-corrected chi connectivity index (χ3v) is 6.34. The van der Waals surface area contributed by atoms with Gasteiger partial charge in [-0.25, -0.2) is 9.38 Å². The van der Waals surface area contributed by atoms with Crippen molar-refractivity contribution in [1.29, 1.82) is 0 Å². The molecular formula is C22H21N3O2S. The summed E-state index contributed by atoms with van der Waals surface area (Å²) >= 11 is 1.41. The van der Waals surface area contributed by atoms with E-state index >= 15 is 0 Å². The van der Waals surface area contributed by atoms with Crippen molar-refractivity contribution >= 4 is 39.1 Å². The molecule has 0 N–H and O–H groups in total. The Morgan fingerprint density at radius 2 is 1.93 bits per heavy atom. The molecule has 6 heteroatoms. The molecule has 0 spiro atoms. The van der Waals surface area contributed by atoms with Gasteiger partial charge in [0.1, 0.15) is 5.75 Å². The van der Waals surface area contributed by atoms with Gasteiger partial charge in [0.15, 0.2) is 4.96 Å². The lowest BCUT2D eigenvalue weighted by molar-refractivity contribution is 0.413. The molecule has 1 saturated heterocycles. The minimum absolute atomic E-state index is 0.0316. The van der Waals surface area contributed by atoms with E-state index in [1.54, 1.807) is 11.5 Å². The number of ether oxygens (including phenoxy) is 1. The smallest absolute Gasteiger partial charge is 0.274 e. The van der Waals surface area contributed by atoms with E-state index in [0.29, 0.717) is 4.53 Å². The number of benzene rings is 2. The molecule has 0 aliphatic carbocycles. The number of hydrogen-bond acceptors (Lipinski definition) is 5. The summed E-state index contributed by atoms with van der Waals surface area (Å²) in [4.78, 5) is 20.7. The molecule has 0 saturated carbocycles. The molecular weight excluding hydrogens is 370 g/mol. The van der Waals surface area contributed by atoms with Crippen LogP contribution in [-0.4, -0.2) is 29.6 Å². The molecule has 5 rings (SSSR count). The van der Waals surface area contributed by atoms with E-state index in [9.17, 15) is 4.79 Å². The Morgan fingerprint density at radius 1 is 1.11 bits per heavy atom. The van der Waals surface area contributed by atoms with Crippen molar-refractivity contribution in [2.45, 2.75) is 19.3 Å². The SMILES string of the molecule is COc1cc(N2CCCCC2)ccc1/C=c1\sc2nc3ccccc3n2c1=O. The first-order valence-electron chi connectivity index (χ1n) is 9.59. The van der Waals surface area contributed by atoms with Gasteiger partial charge < -0.3 is 9.64 Å². The number of nitrogens with zero attached hydrogens (tertiary/aromatic N) is 3. The van der Waals surface area contributed by atoms with Gasteiger partial charge in [-0.15, -0.1) is 0 Å². The predicted molar refractivity (Wildman–Crippen MR) is 115 cm³/mol.